The van der Waals surface area contributed by atoms with Gasteiger partial charge in [0.1, 0.15) is 0 Å². The predicted octanol–water partition coefficient (Wildman–Crippen LogP) is 1.53. The highest BCUT2D eigenvalue weighted by atomic mass is 32.2. The Hall–Kier alpha value is -0.610. The molecule has 0 fully saturated rings. The third-order valence-electron chi connectivity index (χ3n) is 1.23. The van der Waals surface area contributed by atoms with E-state index in [4.69, 9.17) is 4.55 Å². The van der Waals surface area contributed by atoms with E-state index in [0.29, 0.717) is 6.54 Å². The van der Waals surface area contributed by atoms with Crippen LogP contribution in [0.1, 0.15) is 13.8 Å². The molecule has 0 aliphatic rings. The summed E-state index contributed by atoms with van der Waals surface area (Å²) in [7, 11) is 0. The Kier molecular flexibility index (Phi) is 4.81. The molecule has 0 aromatic rings. The van der Waals surface area contributed by atoms with Crippen LogP contribution in [0.2, 0.25) is 0 Å². The Labute approximate surface area is 69.8 Å². The lowest BCUT2D eigenvalue weighted by Crippen LogP contribution is -2.22. The number of nitrogens with zero attached hydrogens (tertiary/aromatic N) is 1. The van der Waals surface area contributed by atoms with Gasteiger partial charge < -0.3 is 0 Å². The maximum Gasteiger partial charge on any atom is 0.261 e. The molecule has 0 spiro atoms. The SMILES string of the molecule is C=C/C=C(\C)N(CC)S(=O)O. The molecule has 4 heteroatoms. The van der Waals surface area contributed by atoms with Crippen molar-refractivity contribution in [1.29, 1.82) is 0 Å². The van der Waals surface area contributed by atoms with Gasteiger partial charge in [-0.25, -0.2) is 4.21 Å². The number of allylic oxidation sites excluding steroid dienone is 3. The normalized spacial score (nSPS) is 14.3. The lowest BCUT2D eigenvalue weighted by molar-refractivity contribution is 0.466. The first-order chi connectivity index (χ1) is 5.13. The van der Waals surface area contributed by atoms with E-state index in [1.807, 2.05) is 6.92 Å². The number of hydrogen-bond donors (Lipinski definition) is 1. The first kappa shape index (κ1) is 10.4. The number of hydrogen-bond acceptors (Lipinski definition) is 1. The Morgan fingerprint density at radius 3 is 2.64 bits per heavy atom. The topological polar surface area (TPSA) is 40.5 Å². The van der Waals surface area contributed by atoms with Gasteiger partial charge >= 0.3 is 0 Å². The molecule has 0 radical (unpaired) electrons. The summed E-state index contributed by atoms with van der Waals surface area (Å²) in [5.74, 6) is 0. The quantitative estimate of drug-likeness (QED) is 0.520. The van der Waals surface area contributed by atoms with Crippen LogP contribution in [0.25, 0.3) is 0 Å². The molecule has 0 aromatic heterocycles. The molecule has 0 aromatic carbocycles. The van der Waals surface area contributed by atoms with E-state index < -0.39 is 11.3 Å². The van der Waals surface area contributed by atoms with Crippen molar-refractivity contribution in [3.05, 3.63) is 24.4 Å². The van der Waals surface area contributed by atoms with Gasteiger partial charge in [0.25, 0.3) is 11.3 Å². The molecule has 0 bridgehead atoms. The van der Waals surface area contributed by atoms with Crippen molar-refractivity contribution in [3.63, 3.8) is 0 Å². The molecular formula is C7H13NO2S. The van der Waals surface area contributed by atoms with Crippen LogP contribution in [0.15, 0.2) is 24.4 Å². The van der Waals surface area contributed by atoms with Crippen LogP contribution in [-0.2, 0) is 11.3 Å². The molecule has 0 saturated carbocycles. The summed E-state index contributed by atoms with van der Waals surface area (Å²) in [4.78, 5) is 0. The van der Waals surface area contributed by atoms with Crippen molar-refractivity contribution in [2.45, 2.75) is 13.8 Å². The van der Waals surface area contributed by atoms with E-state index in [1.165, 1.54) is 4.31 Å². The molecule has 1 atom stereocenters. The van der Waals surface area contributed by atoms with Gasteiger partial charge in [0.05, 0.1) is 0 Å². The first-order valence-electron chi connectivity index (χ1n) is 3.31. The van der Waals surface area contributed by atoms with Gasteiger partial charge in [-0.15, -0.1) is 0 Å². The molecule has 3 nitrogen and oxygen atoms in total. The van der Waals surface area contributed by atoms with Crippen LogP contribution in [0.5, 0.6) is 0 Å². The first-order valence-corrected chi connectivity index (χ1v) is 4.37. The summed E-state index contributed by atoms with van der Waals surface area (Å²) in [6.07, 6.45) is 3.28. The van der Waals surface area contributed by atoms with Crippen molar-refractivity contribution < 1.29 is 8.76 Å². The highest BCUT2D eigenvalue weighted by molar-refractivity contribution is 7.76. The molecular weight excluding hydrogens is 162 g/mol. The smallest absolute Gasteiger partial charge is 0.261 e. The minimum Gasteiger partial charge on any atom is -0.289 e. The molecule has 64 valence electrons. The average molecular weight is 175 g/mol. The van der Waals surface area contributed by atoms with E-state index in [1.54, 1.807) is 19.1 Å². The van der Waals surface area contributed by atoms with Crippen molar-refractivity contribution >= 4 is 11.3 Å². The van der Waals surface area contributed by atoms with Crippen molar-refractivity contribution in [3.8, 4) is 0 Å². The molecule has 0 amide bonds. The molecule has 0 aliphatic heterocycles. The van der Waals surface area contributed by atoms with Crippen molar-refractivity contribution in [1.82, 2.24) is 4.31 Å². The van der Waals surface area contributed by atoms with Crippen LogP contribution in [-0.4, -0.2) is 19.6 Å². The van der Waals surface area contributed by atoms with Gasteiger partial charge in [-0.05, 0) is 19.9 Å². The fraction of sp³-hybridized carbons (Fsp3) is 0.429. The molecule has 1 N–H and O–H groups in total. The van der Waals surface area contributed by atoms with Crippen LogP contribution < -0.4 is 0 Å². The maximum atomic E-state index is 10.6. The van der Waals surface area contributed by atoms with E-state index in [-0.39, 0.29) is 0 Å². The van der Waals surface area contributed by atoms with Crippen molar-refractivity contribution in [2.24, 2.45) is 0 Å². The zero-order valence-corrected chi connectivity index (χ0v) is 7.60. The second-order valence-corrected chi connectivity index (χ2v) is 2.87. The maximum absolute atomic E-state index is 10.6. The van der Waals surface area contributed by atoms with Crippen LogP contribution in [0, 0.1) is 0 Å². The average Bonchev–Trinajstić information content (AvgIpc) is 1.88. The van der Waals surface area contributed by atoms with Crippen LogP contribution >= 0.6 is 0 Å². The third kappa shape index (κ3) is 3.34. The second kappa shape index (κ2) is 5.09. The summed E-state index contributed by atoms with van der Waals surface area (Å²) in [6, 6.07) is 0. The summed E-state index contributed by atoms with van der Waals surface area (Å²) >= 11 is -1.92. The molecule has 0 heterocycles. The summed E-state index contributed by atoms with van der Waals surface area (Å²) in [5, 5.41) is 0. The third-order valence-corrected chi connectivity index (χ3v) is 2.15. The molecule has 0 saturated heterocycles. The van der Waals surface area contributed by atoms with Gasteiger partial charge in [0.15, 0.2) is 0 Å². The highest BCUT2D eigenvalue weighted by Gasteiger charge is 2.06. The van der Waals surface area contributed by atoms with Gasteiger partial charge in [-0.2, -0.15) is 0 Å². The van der Waals surface area contributed by atoms with Gasteiger partial charge in [0.2, 0.25) is 0 Å². The largest absolute Gasteiger partial charge is 0.289 e. The zero-order chi connectivity index (χ0) is 8.85. The minimum absolute atomic E-state index is 0.513. The monoisotopic (exact) mass is 175 g/mol. The Morgan fingerprint density at radius 2 is 2.36 bits per heavy atom. The highest BCUT2D eigenvalue weighted by Crippen LogP contribution is 2.04. The summed E-state index contributed by atoms with van der Waals surface area (Å²) in [6.45, 7) is 7.58. The van der Waals surface area contributed by atoms with Crippen molar-refractivity contribution in [2.75, 3.05) is 6.54 Å². The zero-order valence-electron chi connectivity index (χ0n) is 6.78. The lowest BCUT2D eigenvalue weighted by Gasteiger charge is -2.17. The fourth-order valence-electron chi connectivity index (χ4n) is 0.737. The van der Waals surface area contributed by atoms with Crippen LogP contribution in [0.4, 0.5) is 0 Å². The van der Waals surface area contributed by atoms with E-state index in [9.17, 15) is 4.21 Å². The second-order valence-electron chi connectivity index (χ2n) is 1.97. The van der Waals surface area contributed by atoms with Gasteiger partial charge in [0, 0.05) is 12.2 Å². The Bertz CT molecular complexity index is 189. The van der Waals surface area contributed by atoms with Gasteiger partial charge in [-0.3, -0.25) is 8.86 Å². The summed E-state index contributed by atoms with van der Waals surface area (Å²) < 4.78 is 20.7. The predicted molar refractivity (Wildman–Crippen MR) is 47.1 cm³/mol. The number of rotatable bonds is 4. The minimum atomic E-state index is -1.92. The molecule has 11 heavy (non-hydrogen) atoms. The molecule has 0 rings (SSSR count). The molecule has 1 unspecified atom stereocenters. The Balaban J connectivity index is 4.37. The molecule has 0 aliphatic carbocycles. The van der Waals surface area contributed by atoms with Gasteiger partial charge in [-0.1, -0.05) is 12.7 Å². The van der Waals surface area contributed by atoms with Crippen LogP contribution in [0.3, 0.4) is 0 Å². The standard InChI is InChI=1S/C7H13NO2S/c1-4-6-7(3)8(5-2)11(9)10/h4,6H,1,5H2,2-3H3,(H,9,10)/b7-6+. The van der Waals surface area contributed by atoms with E-state index >= 15 is 0 Å². The summed E-state index contributed by atoms with van der Waals surface area (Å²) in [5.41, 5.74) is 0.739. The lowest BCUT2D eigenvalue weighted by atomic mass is 10.4. The Morgan fingerprint density at radius 1 is 1.82 bits per heavy atom. The van der Waals surface area contributed by atoms with E-state index in [0.717, 1.165) is 5.70 Å². The van der Waals surface area contributed by atoms with E-state index in [2.05, 4.69) is 6.58 Å². The fourth-order valence-corrected chi connectivity index (χ4v) is 1.26.